The van der Waals surface area contributed by atoms with Gasteiger partial charge in [-0.25, -0.2) is 4.79 Å². The quantitative estimate of drug-likeness (QED) is 0.584. The van der Waals surface area contributed by atoms with Crippen LogP contribution >= 0.6 is 0 Å². The van der Waals surface area contributed by atoms with Gasteiger partial charge in [0.15, 0.2) is 0 Å². The molecule has 0 saturated carbocycles. The predicted octanol–water partition coefficient (Wildman–Crippen LogP) is -1.41. The number of hydrogen-bond donors (Lipinski definition) is 1. The van der Waals surface area contributed by atoms with Crippen molar-refractivity contribution in [1.29, 1.82) is 0 Å². The second kappa shape index (κ2) is 3.82. The molecule has 0 unspecified atom stereocenters. The molecule has 0 heterocycles. The predicted molar refractivity (Wildman–Crippen MR) is 32.6 cm³/mol. The van der Waals surface area contributed by atoms with Gasteiger partial charge in [-0.05, 0) is 0 Å². The summed E-state index contributed by atoms with van der Waals surface area (Å²) in [5.74, 6) is -4.30. The minimum Gasteiger partial charge on any atom is -0.550 e. The number of esters is 1. The van der Waals surface area contributed by atoms with Crippen molar-refractivity contribution in [1.82, 2.24) is 0 Å². The van der Waals surface area contributed by atoms with Gasteiger partial charge in [0.2, 0.25) is 0 Å². The normalized spacial score (nSPS) is 15.8. The number of ether oxygens (including phenoxy) is 1. The second-order valence-electron chi connectivity index (χ2n) is 2.40. The summed E-state index contributed by atoms with van der Waals surface area (Å²) in [7, 11) is 0.592. The van der Waals surface area contributed by atoms with Crippen LogP contribution in [0, 0.1) is 0 Å². The lowest BCUT2D eigenvalue weighted by molar-refractivity contribution is -0.320. The van der Waals surface area contributed by atoms with Crippen LogP contribution in [-0.4, -0.2) is 35.9 Å². The molecule has 8 heteroatoms. The first-order valence-corrected chi connectivity index (χ1v) is 3.22. The second-order valence-corrected chi connectivity index (χ2v) is 2.40. The van der Waals surface area contributed by atoms with Crippen LogP contribution in [0.1, 0.15) is 6.42 Å². The Bertz CT molecular complexity index is 248. The zero-order valence-electron chi connectivity index (χ0n) is 6.92. The molecule has 1 atom stereocenters. The van der Waals surface area contributed by atoms with Crippen LogP contribution in [0.2, 0.25) is 0 Å². The third kappa shape index (κ3) is 2.34. The molecular weight excluding hydrogens is 209 g/mol. The zero-order valence-corrected chi connectivity index (χ0v) is 6.92. The summed E-state index contributed by atoms with van der Waals surface area (Å²) in [5, 5.41) is 18.7. The minimum atomic E-state index is -5.43. The SMILES string of the molecule is COC(=O)[C@](O)(CC(=O)[O-])C(F)(F)F. The largest absolute Gasteiger partial charge is 0.550 e. The molecule has 0 rings (SSSR count). The third-order valence-corrected chi connectivity index (χ3v) is 1.39. The molecule has 0 aromatic heterocycles. The molecule has 0 aromatic rings. The van der Waals surface area contributed by atoms with Crippen LogP contribution in [0.3, 0.4) is 0 Å². The molecular formula is C6H6F3O5-. The first kappa shape index (κ1) is 12.7. The van der Waals surface area contributed by atoms with Crippen molar-refractivity contribution in [3.05, 3.63) is 0 Å². The van der Waals surface area contributed by atoms with Crippen LogP contribution < -0.4 is 5.11 Å². The molecule has 0 aliphatic carbocycles. The van der Waals surface area contributed by atoms with Crippen LogP contribution in [0.5, 0.6) is 0 Å². The molecule has 0 aliphatic heterocycles. The number of carboxylic acid groups (broad SMARTS) is 1. The average molecular weight is 215 g/mol. The molecule has 14 heavy (non-hydrogen) atoms. The van der Waals surface area contributed by atoms with E-state index in [1.165, 1.54) is 0 Å². The van der Waals surface area contributed by atoms with E-state index in [-0.39, 0.29) is 0 Å². The molecule has 5 nitrogen and oxygen atoms in total. The Morgan fingerprint density at radius 3 is 2.07 bits per heavy atom. The van der Waals surface area contributed by atoms with Crippen molar-refractivity contribution in [2.45, 2.75) is 18.2 Å². The van der Waals surface area contributed by atoms with Gasteiger partial charge in [0.1, 0.15) is 0 Å². The van der Waals surface area contributed by atoms with Gasteiger partial charge in [-0.2, -0.15) is 13.2 Å². The van der Waals surface area contributed by atoms with Gasteiger partial charge in [-0.3, -0.25) is 0 Å². The fraction of sp³-hybridized carbons (Fsp3) is 0.667. The molecule has 1 N–H and O–H groups in total. The summed E-state index contributed by atoms with van der Waals surface area (Å²) in [6.07, 6.45) is -7.33. The maximum absolute atomic E-state index is 12.1. The molecule has 0 amide bonds. The molecule has 0 bridgehead atoms. The number of aliphatic hydroxyl groups is 1. The van der Waals surface area contributed by atoms with E-state index < -0.39 is 30.1 Å². The van der Waals surface area contributed by atoms with E-state index in [1.54, 1.807) is 0 Å². The Morgan fingerprint density at radius 2 is 1.86 bits per heavy atom. The van der Waals surface area contributed by atoms with E-state index in [0.29, 0.717) is 7.11 Å². The first-order chi connectivity index (χ1) is 6.15. The van der Waals surface area contributed by atoms with Crippen LogP contribution in [-0.2, 0) is 14.3 Å². The molecule has 0 aromatic carbocycles. The molecule has 0 fully saturated rings. The fourth-order valence-electron chi connectivity index (χ4n) is 0.666. The van der Waals surface area contributed by atoms with Crippen molar-refractivity contribution < 1.29 is 37.7 Å². The van der Waals surface area contributed by atoms with Crippen molar-refractivity contribution in [3.63, 3.8) is 0 Å². The van der Waals surface area contributed by atoms with E-state index in [2.05, 4.69) is 4.74 Å². The highest BCUT2D eigenvalue weighted by Crippen LogP contribution is 2.33. The lowest BCUT2D eigenvalue weighted by Gasteiger charge is -2.27. The van der Waals surface area contributed by atoms with Crippen molar-refractivity contribution >= 4 is 11.9 Å². The van der Waals surface area contributed by atoms with Gasteiger partial charge in [0.05, 0.1) is 7.11 Å². The third-order valence-electron chi connectivity index (χ3n) is 1.39. The van der Waals surface area contributed by atoms with Gasteiger partial charge in [-0.1, -0.05) is 0 Å². The highest BCUT2D eigenvalue weighted by Gasteiger charge is 2.60. The summed E-state index contributed by atoms with van der Waals surface area (Å²) >= 11 is 0. The summed E-state index contributed by atoms with van der Waals surface area (Å²) in [6, 6.07) is 0. The molecule has 0 aliphatic rings. The van der Waals surface area contributed by atoms with Crippen molar-refractivity contribution in [2.24, 2.45) is 0 Å². The number of carbonyl (C=O) groups excluding carboxylic acids is 2. The Hall–Kier alpha value is -1.31. The Morgan fingerprint density at radius 1 is 1.43 bits per heavy atom. The Balaban J connectivity index is 5.05. The number of halogens is 3. The lowest BCUT2D eigenvalue weighted by Crippen LogP contribution is -2.55. The summed E-state index contributed by atoms with van der Waals surface area (Å²) in [5.41, 5.74) is -4.05. The van der Waals surface area contributed by atoms with Crippen molar-refractivity contribution in [2.75, 3.05) is 7.11 Å². The molecule has 82 valence electrons. The summed E-state index contributed by atoms with van der Waals surface area (Å²) in [4.78, 5) is 20.4. The van der Waals surface area contributed by atoms with Crippen LogP contribution in [0.4, 0.5) is 13.2 Å². The number of aliphatic carboxylic acids is 1. The van der Waals surface area contributed by atoms with Gasteiger partial charge in [0, 0.05) is 12.4 Å². The number of rotatable bonds is 3. The number of carboxylic acids is 1. The van der Waals surface area contributed by atoms with E-state index >= 15 is 0 Å². The lowest BCUT2D eigenvalue weighted by atomic mass is 9.99. The minimum absolute atomic E-state index is 0.592. The van der Waals surface area contributed by atoms with Gasteiger partial charge in [-0.15, -0.1) is 0 Å². The van der Waals surface area contributed by atoms with Crippen molar-refractivity contribution in [3.8, 4) is 0 Å². The summed E-state index contributed by atoms with van der Waals surface area (Å²) < 4.78 is 39.8. The van der Waals surface area contributed by atoms with E-state index in [9.17, 15) is 27.9 Å². The maximum Gasteiger partial charge on any atom is 0.428 e. The standard InChI is InChI=1S/C6H7F3O5/c1-14-4(12)5(13,2-3(10)11)6(7,8)9/h13H,2H2,1H3,(H,10,11)/p-1/t5-/m1/s1. The Labute approximate surface area is 76.1 Å². The maximum atomic E-state index is 12.1. The molecule has 0 spiro atoms. The van der Waals surface area contributed by atoms with Crippen LogP contribution in [0.25, 0.3) is 0 Å². The topological polar surface area (TPSA) is 86.7 Å². The monoisotopic (exact) mass is 215 g/mol. The highest BCUT2D eigenvalue weighted by molar-refractivity contribution is 5.85. The van der Waals surface area contributed by atoms with Gasteiger partial charge < -0.3 is 19.7 Å². The number of alkyl halides is 3. The van der Waals surface area contributed by atoms with Gasteiger partial charge >= 0.3 is 12.1 Å². The number of carbonyl (C=O) groups is 2. The summed E-state index contributed by atoms with van der Waals surface area (Å²) in [6.45, 7) is 0. The fourth-order valence-corrected chi connectivity index (χ4v) is 0.666. The highest BCUT2D eigenvalue weighted by atomic mass is 19.4. The number of hydrogen-bond acceptors (Lipinski definition) is 5. The molecule has 0 radical (unpaired) electrons. The Kier molecular flexibility index (Phi) is 3.47. The zero-order chi connectivity index (χ0) is 11.6. The van der Waals surface area contributed by atoms with Crippen LogP contribution in [0.15, 0.2) is 0 Å². The van der Waals surface area contributed by atoms with E-state index in [4.69, 9.17) is 5.11 Å². The number of methoxy groups -OCH3 is 1. The molecule has 0 saturated heterocycles. The van der Waals surface area contributed by atoms with E-state index in [1.807, 2.05) is 0 Å². The van der Waals surface area contributed by atoms with E-state index in [0.717, 1.165) is 0 Å². The first-order valence-electron chi connectivity index (χ1n) is 3.22. The smallest absolute Gasteiger partial charge is 0.428 e. The average Bonchev–Trinajstić information content (AvgIpc) is 1.99. The van der Waals surface area contributed by atoms with Gasteiger partial charge in [0.25, 0.3) is 5.60 Å².